The second-order valence-corrected chi connectivity index (χ2v) is 19.4. The average Bonchev–Trinajstić information content (AvgIpc) is 3.24. The van der Waals surface area contributed by atoms with Gasteiger partial charge in [-0.15, -0.1) is 0 Å². The van der Waals surface area contributed by atoms with Crippen molar-refractivity contribution in [2.45, 2.75) is 183 Å². The largest absolute Gasteiger partial charge is 0.460 e. The standard InChI is InChI=1S/C51H79NO10/c1-11-44(54)36(6)25-32(2)17-13-12-14-18-34(4)35(5)29-42-22-20-40(10)51(60,62-42)48(57)49(58)52-24-16-15-19-43(52)50(59)61-47(30-46(56)37(7)26-33(3)31-53)39(9)28-41-21-23-45(55)38(8)27-41/h12-14,17-18,26,31-32,35-43,45,47,55,60H,11,15-16,19-25,27-30H2,1-10H3/b14-12+,17-13+,33-26+,34-18+/t32-,35+,36+,37-,38-,39-,40-,41-,42+,43+,45-,47?,51-/m1/s1. The first-order chi connectivity index (χ1) is 29.2. The number of hydrogen-bond acceptors (Lipinski definition) is 10. The van der Waals surface area contributed by atoms with E-state index in [4.69, 9.17) is 9.47 Å². The fourth-order valence-corrected chi connectivity index (χ4v) is 9.47. The number of hydrogen-bond donors (Lipinski definition) is 2. The fourth-order valence-electron chi connectivity index (χ4n) is 9.47. The number of likely N-dealkylation sites (tertiary alicyclic amines) is 1. The molecule has 2 N–H and O–H groups in total. The molecule has 11 nitrogen and oxygen atoms in total. The second kappa shape index (κ2) is 25.1. The topological polar surface area (TPSA) is 165 Å². The van der Waals surface area contributed by atoms with Gasteiger partial charge in [0, 0.05) is 37.1 Å². The summed E-state index contributed by atoms with van der Waals surface area (Å²) in [5, 5.41) is 22.2. The van der Waals surface area contributed by atoms with Gasteiger partial charge in [0.2, 0.25) is 5.79 Å². The minimum Gasteiger partial charge on any atom is -0.460 e. The van der Waals surface area contributed by atoms with Gasteiger partial charge in [-0.25, -0.2) is 4.79 Å². The first-order valence-corrected chi connectivity index (χ1v) is 23.6. The lowest BCUT2D eigenvalue weighted by atomic mass is 9.75. The predicted molar refractivity (Wildman–Crippen MR) is 241 cm³/mol. The summed E-state index contributed by atoms with van der Waals surface area (Å²) >= 11 is 0. The van der Waals surface area contributed by atoms with Crippen molar-refractivity contribution in [1.82, 2.24) is 4.90 Å². The molecule has 0 aromatic heterocycles. The van der Waals surface area contributed by atoms with E-state index in [2.05, 4.69) is 19.9 Å². The molecule has 0 aromatic rings. The van der Waals surface area contributed by atoms with Gasteiger partial charge in [0.05, 0.1) is 12.2 Å². The summed E-state index contributed by atoms with van der Waals surface area (Å²) in [5.41, 5.74) is 1.52. The van der Waals surface area contributed by atoms with Crippen LogP contribution in [0.1, 0.15) is 153 Å². The Hall–Kier alpha value is -3.54. The highest BCUT2D eigenvalue weighted by atomic mass is 16.6. The molecule has 2 aliphatic heterocycles. The van der Waals surface area contributed by atoms with Gasteiger partial charge in [0.15, 0.2) is 0 Å². The van der Waals surface area contributed by atoms with E-state index in [1.165, 1.54) is 4.90 Å². The first-order valence-electron chi connectivity index (χ1n) is 23.6. The van der Waals surface area contributed by atoms with Gasteiger partial charge in [0.25, 0.3) is 11.7 Å². The number of nitrogens with zero attached hydrogens (tertiary/aromatic N) is 1. The number of esters is 1. The summed E-state index contributed by atoms with van der Waals surface area (Å²) in [6, 6.07) is -1.07. The summed E-state index contributed by atoms with van der Waals surface area (Å²) in [6.07, 6.45) is 18.1. The third-order valence-electron chi connectivity index (χ3n) is 14.0. The number of rotatable bonds is 22. The van der Waals surface area contributed by atoms with Gasteiger partial charge in [0.1, 0.15) is 30.0 Å². The SMILES string of the molecule is CCC(=O)[C@@H](C)C[C@H](C)/C=C/C=C/C=C(\C)[C@@H](C)C[C@@H]1CC[C@@H](C)[C@](O)(C(=O)C(=O)N2CCCC[C@H]2C(=O)OC(CC(=O)[C@H](C)/C=C(\C)C=O)[C@H](C)C[C@@H]2CC[C@@H](O)[C@H](C)C2)O1. The van der Waals surface area contributed by atoms with Crippen LogP contribution in [0, 0.1) is 47.3 Å². The monoisotopic (exact) mass is 866 g/mol. The highest BCUT2D eigenvalue weighted by Gasteiger charge is 2.53. The summed E-state index contributed by atoms with van der Waals surface area (Å²) in [4.78, 5) is 80.3. The van der Waals surface area contributed by atoms with Gasteiger partial charge >= 0.3 is 5.97 Å². The molecule has 348 valence electrons. The molecule has 3 rings (SSSR count). The molecule has 0 aromatic carbocycles. The molecule has 2 saturated heterocycles. The minimum atomic E-state index is -2.36. The number of Topliss-reactive ketones (excluding diaryl/α,β-unsaturated/α-hetero) is 3. The second-order valence-electron chi connectivity index (χ2n) is 19.4. The number of aliphatic hydroxyl groups is 2. The summed E-state index contributed by atoms with van der Waals surface area (Å²) < 4.78 is 12.4. The van der Waals surface area contributed by atoms with Crippen LogP contribution in [0.25, 0.3) is 0 Å². The normalized spacial score (nSPS) is 29.4. The maximum absolute atomic E-state index is 14.1. The molecular weight excluding hydrogens is 787 g/mol. The Balaban J connectivity index is 1.71. The smallest absolute Gasteiger partial charge is 0.329 e. The lowest BCUT2D eigenvalue weighted by Crippen LogP contribution is -2.60. The molecule has 1 aliphatic carbocycles. The van der Waals surface area contributed by atoms with E-state index in [-0.39, 0.29) is 72.6 Å². The van der Waals surface area contributed by atoms with Crippen LogP contribution in [0.3, 0.4) is 0 Å². The van der Waals surface area contributed by atoms with Gasteiger partial charge in [-0.05, 0) is 120 Å². The van der Waals surface area contributed by atoms with Crippen molar-refractivity contribution >= 4 is 35.5 Å². The summed E-state index contributed by atoms with van der Waals surface area (Å²) in [7, 11) is 0. The lowest BCUT2D eigenvalue weighted by molar-refractivity contribution is -0.264. The van der Waals surface area contributed by atoms with E-state index in [9.17, 15) is 39.0 Å². The van der Waals surface area contributed by atoms with E-state index in [1.807, 2.05) is 58.9 Å². The zero-order chi connectivity index (χ0) is 46.3. The third-order valence-corrected chi connectivity index (χ3v) is 14.0. The quantitative estimate of drug-likeness (QED) is 0.0354. The minimum absolute atomic E-state index is 0.0432. The summed E-state index contributed by atoms with van der Waals surface area (Å²) in [6.45, 7) is 19.2. The van der Waals surface area contributed by atoms with Crippen molar-refractivity contribution in [3.05, 3.63) is 47.6 Å². The molecule has 11 heteroatoms. The average molecular weight is 866 g/mol. The van der Waals surface area contributed by atoms with Gasteiger partial charge < -0.3 is 24.6 Å². The van der Waals surface area contributed by atoms with Crippen LogP contribution in [-0.2, 0) is 38.2 Å². The van der Waals surface area contributed by atoms with Crippen LogP contribution in [0.15, 0.2) is 47.6 Å². The highest BCUT2D eigenvalue weighted by Crippen LogP contribution is 2.38. The molecule has 2 heterocycles. The van der Waals surface area contributed by atoms with E-state index in [0.717, 1.165) is 24.8 Å². The number of amides is 1. The lowest BCUT2D eigenvalue weighted by Gasteiger charge is -2.42. The van der Waals surface area contributed by atoms with E-state index in [0.29, 0.717) is 63.2 Å². The molecule has 1 unspecified atom stereocenters. The van der Waals surface area contributed by atoms with Crippen LogP contribution in [0.4, 0.5) is 0 Å². The van der Waals surface area contributed by atoms with Crippen LogP contribution in [0.5, 0.6) is 0 Å². The van der Waals surface area contributed by atoms with Crippen LogP contribution < -0.4 is 0 Å². The Morgan fingerprint density at radius 3 is 2.26 bits per heavy atom. The zero-order valence-electron chi connectivity index (χ0n) is 39.5. The van der Waals surface area contributed by atoms with Crippen molar-refractivity contribution in [3.63, 3.8) is 0 Å². The van der Waals surface area contributed by atoms with E-state index >= 15 is 0 Å². The number of ketones is 3. The van der Waals surface area contributed by atoms with E-state index in [1.54, 1.807) is 26.8 Å². The molecule has 3 aliphatic rings. The Morgan fingerprint density at radius 1 is 0.887 bits per heavy atom. The number of aliphatic hydroxyl groups excluding tert-OH is 1. The maximum atomic E-state index is 14.1. The van der Waals surface area contributed by atoms with Gasteiger partial charge in [-0.2, -0.15) is 0 Å². The number of ether oxygens (including phenoxy) is 2. The van der Waals surface area contributed by atoms with Gasteiger partial charge in [-0.1, -0.05) is 97.4 Å². The molecule has 62 heavy (non-hydrogen) atoms. The number of carbonyl (C=O) groups excluding carboxylic acids is 6. The molecule has 1 saturated carbocycles. The van der Waals surface area contributed by atoms with Gasteiger partial charge in [-0.3, -0.25) is 24.0 Å². The Bertz CT molecular complexity index is 1660. The zero-order valence-corrected chi connectivity index (χ0v) is 39.5. The Morgan fingerprint density at radius 2 is 1.60 bits per heavy atom. The number of allylic oxidation sites excluding steroid dienone is 8. The van der Waals surface area contributed by atoms with Crippen molar-refractivity contribution in [2.24, 2.45) is 47.3 Å². The summed E-state index contributed by atoms with van der Waals surface area (Å²) in [5.74, 6) is -5.68. The molecule has 0 bridgehead atoms. The highest BCUT2D eigenvalue weighted by molar-refractivity contribution is 6.39. The molecule has 1 amide bonds. The maximum Gasteiger partial charge on any atom is 0.329 e. The van der Waals surface area contributed by atoms with Crippen LogP contribution in [0.2, 0.25) is 0 Å². The third kappa shape index (κ3) is 15.3. The molecule has 0 spiro atoms. The van der Waals surface area contributed by atoms with Crippen molar-refractivity contribution in [3.8, 4) is 0 Å². The van der Waals surface area contributed by atoms with Crippen molar-refractivity contribution < 1.29 is 48.5 Å². The van der Waals surface area contributed by atoms with E-state index < -0.39 is 53.5 Å². The fraction of sp³-hybridized carbons (Fsp3) is 0.725. The van der Waals surface area contributed by atoms with Crippen LogP contribution in [-0.4, -0.2) is 87.3 Å². The number of carbonyl (C=O) groups is 6. The number of aldehydes is 1. The number of piperidine rings is 1. The van der Waals surface area contributed by atoms with Crippen LogP contribution >= 0.6 is 0 Å². The van der Waals surface area contributed by atoms with Crippen molar-refractivity contribution in [1.29, 1.82) is 0 Å². The molecule has 13 atom stereocenters. The molecular formula is C51H79NO10. The first kappa shape index (κ1) is 52.8. The Kier molecular flexibility index (Phi) is 21.4. The Labute approximate surface area is 372 Å². The predicted octanol–water partition coefficient (Wildman–Crippen LogP) is 8.64. The van der Waals surface area contributed by atoms with Crippen molar-refractivity contribution in [2.75, 3.05) is 6.54 Å². The molecule has 0 radical (unpaired) electrons. The molecule has 3 fully saturated rings.